The van der Waals surface area contributed by atoms with Crippen LogP contribution in [-0.2, 0) is 10.2 Å². The Morgan fingerprint density at radius 3 is 2.41 bits per heavy atom. The van der Waals surface area contributed by atoms with Crippen LogP contribution in [0.1, 0.15) is 50.0 Å². The van der Waals surface area contributed by atoms with Crippen molar-refractivity contribution in [1.29, 1.82) is 0 Å². The molecule has 3 atom stereocenters. The summed E-state index contributed by atoms with van der Waals surface area (Å²) in [5.41, 5.74) is 7.70. The van der Waals surface area contributed by atoms with E-state index in [-0.39, 0.29) is 29.3 Å². The van der Waals surface area contributed by atoms with Crippen molar-refractivity contribution < 1.29 is 9.59 Å². The highest BCUT2D eigenvalue weighted by atomic mass is 32.2. The Labute approximate surface area is 166 Å². The number of nitrogens with zero attached hydrogens (tertiary/aromatic N) is 2. The average Bonchev–Trinajstić information content (AvgIpc) is 3.26. The van der Waals surface area contributed by atoms with Crippen molar-refractivity contribution in [2.45, 2.75) is 51.6 Å². The van der Waals surface area contributed by atoms with Gasteiger partial charge in [0.2, 0.25) is 5.91 Å². The Kier molecular flexibility index (Phi) is 5.87. The third-order valence-electron chi connectivity index (χ3n) is 5.70. The van der Waals surface area contributed by atoms with Gasteiger partial charge >= 0.3 is 0 Å². The Hall–Kier alpha value is -1.53. The van der Waals surface area contributed by atoms with Crippen LogP contribution in [0.4, 0.5) is 0 Å². The molecule has 2 aliphatic heterocycles. The SMILES string of the molecule is CC1CC(CN)CN1C(=O)C1CSCN1C(=O)c1ccc(C(C)(C)C)cc1. The van der Waals surface area contributed by atoms with Gasteiger partial charge in [0.15, 0.2) is 0 Å². The van der Waals surface area contributed by atoms with Crippen molar-refractivity contribution in [2.75, 3.05) is 24.7 Å². The highest BCUT2D eigenvalue weighted by Crippen LogP contribution is 2.29. The quantitative estimate of drug-likeness (QED) is 0.863. The number of carbonyl (C=O) groups is 2. The molecule has 2 amide bonds. The molecular weight excluding hydrogens is 358 g/mol. The summed E-state index contributed by atoms with van der Waals surface area (Å²) >= 11 is 1.65. The molecule has 0 radical (unpaired) electrons. The number of amides is 2. The van der Waals surface area contributed by atoms with Gasteiger partial charge in [0.05, 0.1) is 5.88 Å². The molecular formula is C21H31N3O2S. The maximum Gasteiger partial charge on any atom is 0.255 e. The number of hydrogen-bond acceptors (Lipinski definition) is 4. The molecule has 2 N–H and O–H groups in total. The Balaban J connectivity index is 1.74. The van der Waals surface area contributed by atoms with E-state index in [9.17, 15) is 9.59 Å². The first kappa shape index (κ1) is 20.2. The highest BCUT2D eigenvalue weighted by Gasteiger charge is 2.41. The largest absolute Gasteiger partial charge is 0.338 e. The predicted molar refractivity (Wildman–Crippen MR) is 111 cm³/mol. The van der Waals surface area contributed by atoms with Crippen LogP contribution in [0, 0.1) is 5.92 Å². The van der Waals surface area contributed by atoms with Gasteiger partial charge in [-0.1, -0.05) is 32.9 Å². The Bertz CT molecular complexity index is 698. The molecule has 0 aliphatic carbocycles. The van der Waals surface area contributed by atoms with E-state index >= 15 is 0 Å². The minimum atomic E-state index is -0.372. The Morgan fingerprint density at radius 1 is 1.19 bits per heavy atom. The van der Waals surface area contributed by atoms with Gasteiger partial charge in [0.1, 0.15) is 6.04 Å². The molecule has 5 nitrogen and oxygen atoms in total. The lowest BCUT2D eigenvalue weighted by molar-refractivity contribution is -0.135. The lowest BCUT2D eigenvalue weighted by Crippen LogP contribution is -2.50. The minimum absolute atomic E-state index is 0.0506. The molecule has 2 saturated heterocycles. The number of thioether (sulfide) groups is 1. The van der Waals surface area contributed by atoms with Crippen molar-refractivity contribution in [3.8, 4) is 0 Å². The van der Waals surface area contributed by atoms with E-state index in [1.165, 1.54) is 5.56 Å². The topological polar surface area (TPSA) is 66.6 Å². The van der Waals surface area contributed by atoms with Crippen LogP contribution in [0.25, 0.3) is 0 Å². The van der Waals surface area contributed by atoms with E-state index in [4.69, 9.17) is 5.73 Å². The highest BCUT2D eigenvalue weighted by molar-refractivity contribution is 7.99. The fraction of sp³-hybridized carbons (Fsp3) is 0.619. The van der Waals surface area contributed by atoms with Crippen molar-refractivity contribution in [2.24, 2.45) is 11.7 Å². The molecule has 0 spiro atoms. The Morgan fingerprint density at radius 2 is 1.85 bits per heavy atom. The molecule has 6 heteroatoms. The van der Waals surface area contributed by atoms with E-state index in [1.54, 1.807) is 16.7 Å². The van der Waals surface area contributed by atoms with E-state index in [0.29, 0.717) is 36.2 Å². The van der Waals surface area contributed by atoms with Gasteiger partial charge in [-0.2, -0.15) is 0 Å². The molecule has 27 heavy (non-hydrogen) atoms. The lowest BCUT2D eigenvalue weighted by atomic mass is 9.86. The fourth-order valence-corrected chi connectivity index (χ4v) is 5.08. The monoisotopic (exact) mass is 389 g/mol. The molecule has 148 valence electrons. The summed E-state index contributed by atoms with van der Waals surface area (Å²) in [6.07, 6.45) is 0.949. The summed E-state index contributed by atoms with van der Waals surface area (Å²) < 4.78 is 0. The normalized spacial score (nSPS) is 25.9. The molecule has 0 bridgehead atoms. The van der Waals surface area contributed by atoms with Gasteiger partial charge in [0, 0.05) is 23.9 Å². The standard InChI is InChI=1S/C21H31N3O2S/c1-14-9-15(10-22)11-23(14)20(26)18-12-27-13-24(18)19(25)16-5-7-17(8-6-16)21(2,3)4/h5-8,14-15,18H,9-13,22H2,1-4H3. The third kappa shape index (κ3) is 4.16. The predicted octanol–water partition coefficient (Wildman–Crippen LogP) is 2.69. The average molecular weight is 390 g/mol. The van der Waals surface area contributed by atoms with Crippen LogP contribution >= 0.6 is 11.8 Å². The molecule has 1 aromatic carbocycles. The maximum absolute atomic E-state index is 13.1. The van der Waals surface area contributed by atoms with Crippen LogP contribution in [0.2, 0.25) is 0 Å². The first-order valence-corrected chi connectivity index (χ1v) is 10.9. The molecule has 2 fully saturated rings. The second-order valence-electron chi connectivity index (χ2n) is 8.80. The number of hydrogen-bond donors (Lipinski definition) is 1. The van der Waals surface area contributed by atoms with Crippen LogP contribution in [0.3, 0.4) is 0 Å². The fourth-order valence-electron chi connectivity index (χ4n) is 3.94. The minimum Gasteiger partial charge on any atom is -0.338 e. The summed E-state index contributed by atoms with van der Waals surface area (Å²) in [5.74, 6) is 1.62. The van der Waals surface area contributed by atoms with Crippen molar-refractivity contribution in [3.63, 3.8) is 0 Å². The second-order valence-corrected chi connectivity index (χ2v) is 9.79. The van der Waals surface area contributed by atoms with Crippen molar-refractivity contribution >= 4 is 23.6 Å². The first-order valence-electron chi connectivity index (χ1n) is 9.72. The van der Waals surface area contributed by atoms with Crippen molar-refractivity contribution in [1.82, 2.24) is 9.80 Å². The zero-order valence-corrected chi connectivity index (χ0v) is 17.6. The van der Waals surface area contributed by atoms with Crippen LogP contribution in [0.15, 0.2) is 24.3 Å². The van der Waals surface area contributed by atoms with E-state index in [1.807, 2.05) is 29.2 Å². The summed E-state index contributed by atoms with van der Waals surface area (Å²) in [6, 6.07) is 7.62. The molecule has 3 unspecified atom stereocenters. The van der Waals surface area contributed by atoms with E-state index in [2.05, 4.69) is 27.7 Å². The van der Waals surface area contributed by atoms with Gasteiger partial charge in [-0.15, -0.1) is 11.8 Å². The summed E-state index contributed by atoms with van der Waals surface area (Å²) in [5, 5.41) is 0. The van der Waals surface area contributed by atoms with E-state index < -0.39 is 0 Å². The molecule has 2 heterocycles. The number of benzene rings is 1. The zero-order chi connectivity index (χ0) is 19.8. The van der Waals surface area contributed by atoms with Gasteiger partial charge < -0.3 is 15.5 Å². The number of likely N-dealkylation sites (tertiary alicyclic amines) is 1. The lowest BCUT2D eigenvalue weighted by Gasteiger charge is -2.30. The first-order chi connectivity index (χ1) is 12.7. The molecule has 1 aromatic rings. The smallest absolute Gasteiger partial charge is 0.255 e. The number of carbonyl (C=O) groups excluding carboxylic acids is 2. The molecule has 2 aliphatic rings. The van der Waals surface area contributed by atoms with Crippen LogP contribution in [0.5, 0.6) is 0 Å². The van der Waals surface area contributed by atoms with Gasteiger partial charge in [-0.3, -0.25) is 9.59 Å². The van der Waals surface area contributed by atoms with E-state index in [0.717, 1.165) is 6.42 Å². The maximum atomic E-state index is 13.1. The third-order valence-corrected chi connectivity index (χ3v) is 6.72. The van der Waals surface area contributed by atoms with Crippen molar-refractivity contribution in [3.05, 3.63) is 35.4 Å². The van der Waals surface area contributed by atoms with Crippen LogP contribution in [-0.4, -0.2) is 58.4 Å². The van der Waals surface area contributed by atoms with Gasteiger partial charge in [0.25, 0.3) is 5.91 Å². The molecule has 3 rings (SSSR count). The molecule has 0 saturated carbocycles. The zero-order valence-electron chi connectivity index (χ0n) is 16.8. The summed E-state index contributed by atoms with van der Waals surface area (Å²) in [6.45, 7) is 9.85. The van der Waals surface area contributed by atoms with Crippen LogP contribution < -0.4 is 5.73 Å². The summed E-state index contributed by atoms with van der Waals surface area (Å²) in [7, 11) is 0. The molecule has 0 aromatic heterocycles. The van der Waals surface area contributed by atoms with Gasteiger partial charge in [-0.25, -0.2) is 0 Å². The second kappa shape index (κ2) is 7.84. The number of rotatable bonds is 3. The van der Waals surface area contributed by atoms with Gasteiger partial charge in [-0.05, 0) is 48.9 Å². The number of nitrogens with two attached hydrogens (primary N) is 1. The summed E-state index contributed by atoms with van der Waals surface area (Å²) in [4.78, 5) is 29.9.